The zero-order valence-corrected chi connectivity index (χ0v) is 8.33. The number of hydrogen-bond donors (Lipinski definition) is 2. The first kappa shape index (κ1) is 11.1. The predicted molar refractivity (Wildman–Crippen MR) is 54.5 cm³/mol. The Hall–Kier alpha value is -0.930. The van der Waals surface area contributed by atoms with Crippen LogP contribution in [0.3, 0.4) is 0 Å². The van der Waals surface area contributed by atoms with E-state index in [4.69, 9.17) is 5.11 Å². The highest BCUT2D eigenvalue weighted by molar-refractivity contribution is 5.20. The van der Waals surface area contributed by atoms with Crippen LogP contribution in [0.4, 0.5) is 4.39 Å². The Bertz CT molecular complexity index is 278. The van der Waals surface area contributed by atoms with E-state index in [1.54, 1.807) is 12.1 Å². The van der Waals surface area contributed by atoms with Gasteiger partial charge in [-0.3, -0.25) is 0 Å². The van der Waals surface area contributed by atoms with Gasteiger partial charge in [0.2, 0.25) is 0 Å². The molecule has 0 saturated heterocycles. The molecule has 0 spiro atoms. The summed E-state index contributed by atoms with van der Waals surface area (Å²) in [6, 6.07) is 6.72. The summed E-state index contributed by atoms with van der Waals surface area (Å²) in [7, 11) is 0. The van der Waals surface area contributed by atoms with Crippen LogP contribution >= 0.6 is 0 Å². The highest BCUT2D eigenvalue weighted by Crippen LogP contribution is 2.19. The lowest BCUT2D eigenvalue weighted by atomic mass is 10.0. The van der Waals surface area contributed by atoms with E-state index < -0.39 is 0 Å². The van der Waals surface area contributed by atoms with Crippen molar-refractivity contribution in [3.8, 4) is 0 Å². The number of benzene rings is 1. The molecule has 0 aliphatic rings. The van der Waals surface area contributed by atoms with Crippen molar-refractivity contribution in [2.45, 2.75) is 19.4 Å². The fourth-order valence-electron chi connectivity index (χ4n) is 1.47. The predicted octanol–water partition coefficient (Wildman–Crippen LogP) is 1.86. The van der Waals surface area contributed by atoms with Gasteiger partial charge >= 0.3 is 0 Å². The van der Waals surface area contributed by atoms with Crippen LogP contribution in [-0.2, 0) is 0 Å². The Balaban J connectivity index is 2.73. The summed E-state index contributed by atoms with van der Waals surface area (Å²) in [5.74, 6) is -0.190. The quantitative estimate of drug-likeness (QED) is 0.755. The molecule has 0 radical (unpaired) electrons. The molecule has 0 bridgehead atoms. The number of halogens is 1. The van der Waals surface area contributed by atoms with Crippen molar-refractivity contribution in [1.29, 1.82) is 0 Å². The molecule has 2 nitrogen and oxygen atoms in total. The van der Waals surface area contributed by atoms with Crippen LogP contribution in [0.2, 0.25) is 0 Å². The smallest absolute Gasteiger partial charge is 0.127 e. The van der Waals surface area contributed by atoms with Crippen molar-refractivity contribution < 1.29 is 9.50 Å². The second-order valence-electron chi connectivity index (χ2n) is 3.16. The molecule has 1 unspecified atom stereocenters. The summed E-state index contributed by atoms with van der Waals surface area (Å²) in [5, 5.41) is 11.8. The minimum Gasteiger partial charge on any atom is -0.395 e. The summed E-state index contributed by atoms with van der Waals surface area (Å²) >= 11 is 0. The number of nitrogens with one attached hydrogen (secondary N) is 1. The molecule has 0 aromatic heterocycles. The van der Waals surface area contributed by atoms with E-state index in [-0.39, 0.29) is 18.5 Å². The lowest BCUT2D eigenvalue weighted by Crippen LogP contribution is -2.24. The van der Waals surface area contributed by atoms with Gasteiger partial charge in [0.15, 0.2) is 0 Å². The first-order valence-electron chi connectivity index (χ1n) is 4.88. The molecule has 1 atom stereocenters. The highest BCUT2D eigenvalue weighted by Gasteiger charge is 2.11. The number of aliphatic hydroxyl groups is 1. The third-order valence-electron chi connectivity index (χ3n) is 2.19. The standard InChI is InChI=1S/C11H16FNO/c1-2-11(13-7-8-14)9-5-3-4-6-10(9)12/h3-6,11,13-14H,2,7-8H2,1H3. The van der Waals surface area contributed by atoms with Crippen LogP contribution in [0.25, 0.3) is 0 Å². The maximum absolute atomic E-state index is 13.4. The molecular weight excluding hydrogens is 181 g/mol. The van der Waals surface area contributed by atoms with Gasteiger partial charge in [0.25, 0.3) is 0 Å². The molecule has 1 aromatic rings. The van der Waals surface area contributed by atoms with Crippen LogP contribution in [0, 0.1) is 5.82 Å². The SMILES string of the molecule is CCC(NCCO)c1ccccc1F. The fraction of sp³-hybridized carbons (Fsp3) is 0.455. The van der Waals surface area contributed by atoms with Gasteiger partial charge in [0.05, 0.1) is 6.61 Å². The lowest BCUT2D eigenvalue weighted by molar-refractivity contribution is 0.282. The molecule has 0 fully saturated rings. The fourth-order valence-corrected chi connectivity index (χ4v) is 1.47. The average molecular weight is 197 g/mol. The molecule has 0 aliphatic heterocycles. The van der Waals surface area contributed by atoms with E-state index in [2.05, 4.69) is 5.32 Å². The van der Waals surface area contributed by atoms with Gasteiger partial charge in [-0.2, -0.15) is 0 Å². The minimum absolute atomic E-state index is 0.0108. The Kier molecular flexibility index (Phi) is 4.56. The average Bonchev–Trinajstić information content (AvgIpc) is 2.21. The van der Waals surface area contributed by atoms with E-state index in [0.717, 1.165) is 6.42 Å². The molecule has 14 heavy (non-hydrogen) atoms. The maximum atomic E-state index is 13.4. The Morgan fingerprint density at radius 2 is 2.14 bits per heavy atom. The van der Waals surface area contributed by atoms with Crippen molar-refractivity contribution in [3.05, 3.63) is 35.6 Å². The van der Waals surface area contributed by atoms with Crippen molar-refractivity contribution in [1.82, 2.24) is 5.32 Å². The second-order valence-corrected chi connectivity index (χ2v) is 3.16. The molecule has 3 heteroatoms. The molecule has 1 rings (SSSR count). The summed E-state index contributed by atoms with van der Waals surface area (Å²) in [4.78, 5) is 0. The number of hydrogen-bond acceptors (Lipinski definition) is 2. The van der Waals surface area contributed by atoms with Crippen molar-refractivity contribution in [2.75, 3.05) is 13.2 Å². The zero-order valence-electron chi connectivity index (χ0n) is 8.33. The maximum Gasteiger partial charge on any atom is 0.127 e. The highest BCUT2D eigenvalue weighted by atomic mass is 19.1. The van der Waals surface area contributed by atoms with E-state index >= 15 is 0 Å². The minimum atomic E-state index is -0.190. The topological polar surface area (TPSA) is 32.3 Å². The molecule has 0 aliphatic carbocycles. The molecule has 0 amide bonds. The monoisotopic (exact) mass is 197 g/mol. The second kappa shape index (κ2) is 5.73. The van der Waals surface area contributed by atoms with Crippen molar-refractivity contribution in [3.63, 3.8) is 0 Å². The van der Waals surface area contributed by atoms with Crippen molar-refractivity contribution in [2.24, 2.45) is 0 Å². The third-order valence-corrected chi connectivity index (χ3v) is 2.19. The lowest BCUT2D eigenvalue weighted by Gasteiger charge is -2.17. The third kappa shape index (κ3) is 2.79. The molecule has 0 saturated carbocycles. The molecular formula is C11H16FNO. The first-order chi connectivity index (χ1) is 6.79. The first-order valence-corrected chi connectivity index (χ1v) is 4.88. The van der Waals surface area contributed by atoms with E-state index in [1.165, 1.54) is 6.07 Å². The van der Waals surface area contributed by atoms with Gasteiger partial charge in [-0.15, -0.1) is 0 Å². The van der Waals surface area contributed by atoms with Gasteiger partial charge in [-0.05, 0) is 12.5 Å². The molecule has 2 N–H and O–H groups in total. The summed E-state index contributed by atoms with van der Waals surface area (Å²) in [5.41, 5.74) is 0.670. The van der Waals surface area contributed by atoms with E-state index in [1.807, 2.05) is 13.0 Å². The van der Waals surface area contributed by atoms with Gasteiger partial charge in [-0.25, -0.2) is 4.39 Å². The van der Waals surface area contributed by atoms with Gasteiger partial charge < -0.3 is 10.4 Å². The van der Waals surface area contributed by atoms with Crippen LogP contribution < -0.4 is 5.32 Å². The summed E-state index contributed by atoms with van der Waals surface area (Å²) in [6.45, 7) is 2.55. The number of rotatable bonds is 5. The van der Waals surface area contributed by atoms with Crippen LogP contribution in [0.15, 0.2) is 24.3 Å². The Morgan fingerprint density at radius 1 is 1.43 bits per heavy atom. The van der Waals surface area contributed by atoms with Gasteiger partial charge in [0, 0.05) is 18.2 Å². The largest absolute Gasteiger partial charge is 0.395 e. The summed E-state index contributed by atoms with van der Waals surface area (Å²) in [6.07, 6.45) is 0.806. The molecule has 0 heterocycles. The summed E-state index contributed by atoms with van der Waals surface area (Å²) < 4.78 is 13.4. The van der Waals surface area contributed by atoms with E-state index in [9.17, 15) is 4.39 Å². The molecule has 1 aromatic carbocycles. The molecule has 78 valence electrons. The van der Waals surface area contributed by atoms with Gasteiger partial charge in [0.1, 0.15) is 5.82 Å². The normalized spacial score (nSPS) is 12.8. The van der Waals surface area contributed by atoms with Crippen LogP contribution in [0.1, 0.15) is 24.9 Å². The number of aliphatic hydroxyl groups excluding tert-OH is 1. The Morgan fingerprint density at radius 3 is 2.71 bits per heavy atom. The van der Waals surface area contributed by atoms with Crippen molar-refractivity contribution >= 4 is 0 Å². The van der Waals surface area contributed by atoms with Crippen LogP contribution in [0.5, 0.6) is 0 Å². The van der Waals surface area contributed by atoms with E-state index in [0.29, 0.717) is 12.1 Å². The van der Waals surface area contributed by atoms with Gasteiger partial charge in [-0.1, -0.05) is 25.1 Å². The Labute approximate surface area is 83.8 Å². The van der Waals surface area contributed by atoms with Crippen LogP contribution in [-0.4, -0.2) is 18.3 Å². The zero-order chi connectivity index (χ0) is 10.4.